The highest BCUT2D eigenvalue weighted by Gasteiger charge is 1.92. The zero-order valence-electron chi connectivity index (χ0n) is 9.76. The number of aromatic hydroxyl groups is 1. The monoisotopic (exact) mass is 217 g/mol. The standard InChI is InChI=1S/C14H19NO/c1-2-3-4-5-8-11-15-12-13-9-6-7-10-14(13)16/h5-10,12,16H,2-4,11H2,1H3. The average Bonchev–Trinajstić information content (AvgIpc) is 2.30. The Labute approximate surface area is 97.4 Å². The van der Waals surface area contributed by atoms with Gasteiger partial charge >= 0.3 is 0 Å². The highest BCUT2D eigenvalue weighted by atomic mass is 16.3. The SMILES string of the molecule is CCCCC=CCN=Cc1ccccc1O. The summed E-state index contributed by atoms with van der Waals surface area (Å²) >= 11 is 0. The zero-order valence-corrected chi connectivity index (χ0v) is 9.76. The van der Waals surface area contributed by atoms with Crippen molar-refractivity contribution in [3.05, 3.63) is 42.0 Å². The lowest BCUT2D eigenvalue weighted by Crippen LogP contribution is -1.83. The normalized spacial score (nSPS) is 11.6. The molecule has 1 aromatic carbocycles. The second-order valence-corrected chi connectivity index (χ2v) is 3.67. The van der Waals surface area contributed by atoms with Crippen LogP contribution < -0.4 is 0 Å². The van der Waals surface area contributed by atoms with Gasteiger partial charge in [0.25, 0.3) is 0 Å². The lowest BCUT2D eigenvalue weighted by atomic mass is 10.2. The van der Waals surface area contributed by atoms with Crippen molar-refractivity contribution in [1.29, 1.82) is 0 Å². The van der Waals surface area contributed by atoms with Crippen LogP contribution in [0.2, 0.25) is 0 Å². The van der Waals surface area contributed by atoms with Gasteiger partial charge in [0, 0.05) is 11.8 Å². The van der Waals surface area contributed by atoms with Gasteiger partial charge in [-0.2, -0.15) is 0 Å². The Morgan fingerprint density at radius 1 is 1.25 bits per heavy atom. The summed E-state index contributed by atoms with van der Waals surface area (Å²) in [5.41, 5.74) is 0.768. The fourth-order valence-corrected chi connectivity index (χ4v) is 1.32. The molecule has 1 rings (SSSR count). The Morgan fingerprint density at radius 3 is 2.81 bits per heavy atom. The van der Waals surface area contributed by atoms with Crippen molar-refractivity contribution >= 4 is 6.21 Å². The number of rotatable bonds is 6. The van der Waals surface area contributed by atoms with Crippen molar-refractivity contribution in [2.75, 3.05) is 6.54 Å². The molecule has 0 heterocycles. The third-order valence-electron chi connectivity index (χ3n) is 2.27. The second kappa shape index (κ2) is 7.69. The Bertz CT molecular complexity index is 356. The van der Waals surface area contributed by atoms with Gasteiger partial charge in [-0.15, -0.1) is 0 Å². The van der Waals surface area contributed by atoms with E-state index in [0.717, 1.165) is 12.0 Å². The first-order chi connectivity index (χ1) is 7.84. The molecule has 0 radical (unpaired) electrons. The van der Waals surface area contributed by atoms with Gasteiger partial charge < -0.3 is 5.11 Å². The van der Waals surface area contributed by atoms with Crippen molar-refractivity contribution in [1.82, 2.24) is 0 Å². The van der Waals surface area contributed by atoms with Crippen LogP contribution in [0.5, 0.6) is 5.75 Å². The summed E-state index contributed by atoms with van der Waals surface area (Å²) in [5, 5.41) is 9.47. The average molecular weight is 217 g/mol. The van der Waals surface area contributed by atoms with Gasteiger partial charge in [0.2, 0.25) is 0 Å². The van der Waals surface area contributed by atoms with E-state index >= 15 is 0 Å². The molecule has 0 atom stereocenters. The summed E-state index contributed by atoms with van der Waals surface area (Å²) in [6, 6.07) is 7.20. The number of para-hydroxylation sites is 1. The van der Waals surface area contributed by atoms with Gasteiger partial charge in [-0.05, 0) is 18.6 Å². The minimum Gasteiger partial charge on any atom is -0.507 e. The second-order valence-electron chi connectivity index (χ2n) is 3.67. The zero-order chi connectivity index (χ0) is 11.6. The molecule has 2 heteroatoms. The molecular weight excluding hydrogens is 198 g/mol. The van der Waals surface area contributed by atoms with E-state index in [2.05, 4.69) is 24.1 Å². The first-order valence-corrected chi connectivity index (χ1v) is 5.77. The van der Waals surface area contributed by atoms with Gasteiger partial charge in [-0.1, -0.05) is 44.1 Å². The number of phenolic OH excluding ortho intramolecular Hbond substituents is 1. The maximum atomic E-state index is 9.47. The minimum absolute atomic E-state index is 0.279. The van der Waals surface area contributed by atoms with Crippen molar-refractivity contribution < 1.29 is 5.11 Å². The first kappa shape index (κ1) is 12.5. The molecule has 0 fully saturated rings. The Hall–Kier alpha value is -1.57. The van der Waals surface area contributed by atoms with Crippen LogP contribution in [0, 0.1) is 0 Å². The molecule has 0 saturated heterocycles. The van der Waals surface area contributed by atoms with E-state index < -0.39 is 0 Å². The smallest absolute Gasteiger partial charge is 0.124 e. The molecule has 16 heavy (non-hydrogen) atoms. The molecule has 0 aliphatic heterocycles. The number of nitrogens with zero attached hydrogens (tertiary/aromatic N) is 1. The van der Waals surface area contributed by atoms with Crippen LogP contribution in [-0.4, -0.2) is 17.9 Å². The van der Waals surface area contributed by atoms with Crippen LogP contribution in [0.3, 0.4) is 0 Å². The maximum absolute atomic E-state index is 9.47. The minimum atomic E-state index is 0.279. The van der Waals surface area contributed by atoms with Gasteiger partial charge in [0.1, 0.15) is 5.75 Å². The van der Waals surface area contributed by atoms with Crippen LogP contribution in [0.1, 0.15) is 31.7 Å². The molecule has 0 aliphatic carbocycles. The fourth-order valence-electron chi connectivity index (χ4n) is 1.32. The van der Waals surface area contributed by atoms with Crippen LogP contribution in [0.4, 0.5) is 0 Å². The van der Waals surface area contributed by atoms with E-state index in [4.69, 9.17) is 0 Å². The number of benzene rings is 1. The Kier molecular flexibility index (Phi) is 6.00. The summed E-state index contributed by atoms with van der Waals surface area (Å²) < 4.78 is 0. The van der Waals surface area contributed by atoms with E-state index in [0.29, 0.717) is 6.54 Å². The van der Waals surface area contributed by atoms with Crippen LogP contribution >= 0.6 is 0 Å². The molecule has 0 unspecified atom stereocenters. The number of aliphatic imine (C=N–C) groups is 1. The topological polar surface area (TPSA) is 32.6 Å². The third kappa shape index (κ3) is 4.78. The molecular formula is C14H19NO. The molecule has 0 amide bonds. The molecule has 0 bridgehead atoms. The van der Waals surface area contributed by atoms with Crippen LogP contribution in [0.25, 0.3) is 0 Å². The largest absolute Gasteiger partial charge is 0.507 e. The number of unbranched alkanes of at least 4 members (excludes halogenated alkanes) is 2. The molecule has 2 nitrogen and oxygen atoms in total. The summed E-state index contributed by atoms with van der Waals surface area (Å²) in [5.74, 6) is 0.279. The first-order valence-electron chi connectivity index (χ1n) is 5.77. The lowest BCUT2D eigenvalue weighted by molar-refractivity contribution is 0.474. The molecule has 1 aromatic rings. The molecule has 0 aromatic heterocycles. The molecule has 0 saturated carbocycles. The summed E-state index contributed by atoms with van der Waals surface area (Å²) in [6.07, 6.45) is 9.52. The van der Waals surface area contributed by atoms with E-state index in [1.54, 1.807) is 18.3 Å². The van der Waals surface area contributed by atoms with Gasteiger partial charge in [-0.3, -0.25) is 4.99 Å². The number of hydrogen-bond acceptors (Lipinski definition) is 2. The highest BCUT2D eigenvalue weighted by Crippen LogP contribution is 2.12. The lowest BCUT2D eigenvalue weighted by Gasteiger charge is -1.95. The van der Waals surface area contributed by atoms with E-state index in [-0.39, 0.29) is 5.75 Å². The van der Waals surface area contributed by atoms with Gasteiger partial charge in [0.05, 0.1) is 6.54 Å². The molecule has 86 valence electrons. The predicted octanol–water partition coefficient (Wildman–Crippen LogP) is 3.56. The fraction of sp³-hybridized carbons (Fsp3) is 0.357. The van der Waals surface area contributed by atoms with Crippen molar-refractivity contribution in [2.24, 2.45) is 4.99 Å². The molecule has 1 N–H and O–H groups in total. The van der Waals surface area contributed by atoms with E-state index in [1.807, 2.05) is 12.1 Å². The maximum Gasteiger partial charge on any atom is 0.124 e. The third-order valence-corrected chi connectivity index (χ3v) is 2.27. The van der Waals surface area contributed by atoms with Crippen molar-refractivity contribution in [3.63, 3.8) is 0 Å². The number of allylic oxidation sites excluding steroid dienone is 1. The Morgan fingerprint density at radius 2 is 2.06 bits per heavy atom. The summed E-state index contributed by atoms with van der Waals surface area (Å²) in [7, 11) is 0. The van der Waals surface area contributed by atoms with E-state index in [9.17, 15) is 5.11 Å². The van der Waals surface area contributed by atoms with Crippen LogP contribution in [-0.2, 0) is 0 Å². The summed E-state index contributed by atoms with van der Waals surface area (Å²) in [4.78, 5) is 4.23. The van der Waals surface area contributed by atoms with E-state index in [1.165, 1.54) is 12.8 Å². The van der Waals surface area contributed by atoms with Crippen molar-refractivity contribution in [3.8, 4) is 5.75 Å². The highest BCUT2D eigenvalue weighted by molar-refractivity contribution is 5.83. The quantitative estimate of drug-likeness (QED) is 0.441. The predicted molar refractivity (Wildman–Crippen MR) is 69.2 cm³/mol. The number of hydrogen-bond donors (Lipinski definition) is 1. The van der Waals surface area contributed by atoms with Crippen LogP contribution in [0.15, 0.2) is 41.4 Å². The molecule has 0 aliphatic rings. The summed E-state index contributed by atoms with van der Waals surface area (Å²) in [6.45, 7) is 2.86. The number of phenols is 1. The van der Waals surface area contributed by atoms with Gasteiger partial charge in [0.15, 0.2) is 0 Å². The van der Waals surface area contributed by atoms with Gasteiger partial charge in [-0.25, -0.2) is 0 Å². The molecule has 0 spiro atoms. The Balaban J connectivity index is 2.32. The van der Waals surface area contributed by atoms with Crippen molar-refractivity contribution in [2.45, 2.75) is 26.2 Å².